The van der Waals surface area contributed by atoms with Gasteiger partial charge in [-0.2, -0.15) is 0 Å². The van der Waals surface area contributed by atoms with Crippen LogP contribution in [0, 0.1) is 5.92 Å². The minimum absolute atomic E-state index is 0.00958. The highest BCUT2D eigenvalue weighted by atomic mass is 79.9. The maximum Gasteiger partial charge on any atom is 0.240 e. The molecule has 0 radical (unpaired) electrons. The van der Waals surface area contributed by atoms with Crippen molar-refractivity contribution in [2.45, 2.75) is 24.8 Å². The highest BCUT2D eigenvalue weighted by Gasteiger charge is 2.18. The van der Waals surface area contributed by atoms with Crippen LogP contribution in [-0.2, 0) is 10.0 Å². The van der Waals surface area contributed by atoms with Crippen molar-refractivity contribution in [1.82, 2.24) is 4.72 Å². The number of nitrogens with one attached hydrogen (secondary N) is 1. The molecular weight excluding hydrogens is 342 g/mol. The van der Waals surface area contributed by atoms with Crippen molar-refractivity contribution in [2.75, 3.05) is 6.54 Å². The molecule has 0 fully saturated rings. The topological polar surface area (TPSA) is 66.4 Å². The van der Waals surface area contributed by atoms with Crippen molar-refractivity contribution < 1.29 is 13.5 Å². The van der Waals surface area contributed by atoms with Crippen LogP contribution in [0.4, 0.5) is 0 Å². The van der Waals surface area contributed by atoms with Crippen molar-refractivity contribution in [3.05, 3.63) is 27.7 Å². The van der Waals surface area contributed by atoms with Crippen LogP contribution in [0.1, 0.15) is 13.8 Å². The summed E-state index contributed by atoms with van der Waals surface area (Å²) in [5.41, 5.74) is 0. The van der Waals surface area contributed by atoms with Crippen LogP contribution in [-0.4, -0.2) is 26.2 Å². The van der Waals surface area contributed by atoms with E-state index in [4.69, 9.17) is 11.6 Å². The normalized spacial score (nSPS) is 13.9. The van der Waals surface area contributed by atoms with Gasteiger partial charge in [0.15, 0.2) is 0 Å². The summed E-state index contributed by atoms with van der Waals surface area (Å²) in [7, 11) is -3.63. The Hall–Kier alpha value is -0.140. The van der Waals surface area contributed by atoms with E-state index in [2.05, 4.69) is 20.7 Å². The number of halogens is 2. The van der Waals surface area contributed by atoms with Gasteiger partial charge in [-0.15, -0.1) is 0 Å². The Kier molecular flexibility index (Phi) is 5.61. The van der Waals surface area contributed by atoms with Crippen molar-refractivity contribution in [3.63, 3.8) is 0 Å². The number of rotatable bonds is 5. The van der Waals surface area contributed by atoms with E-state index in [0.29, 0.717) is 9.50 Å². The average molecular weight is 357 g/mol. The molecule has 0 spiro atoms. The fraction of sp³-hybridized carbons (Fsp3) is 0.455. The first-order valence-corrected chi connectivity index (χ1v) is 8.02. The van der Waals surface area contributed by atoms with Crippen molar-refractivity contribution in [2.24, 2.45) is 5.92 Å². The molecule has 0 heterocycles. The van der Waals surface area contributed by atoms with Crippen LogP contribution in [0.25, 0.3) is 0 Å². The second kappa shape index (κ2) is 6.34. The largest absolute Gasteiger partial charge is 0.391 e. The molecule has 18 heavy (non-hydrogen) atoms. The van der Waals surface area contributed by atoms with E-state index >= 15 is 0 Å². The first kappa shape index (κ1) is 15.9. The molecule has 0 bridgehead atoms. The molecule has 1 atom stereocenters. The number of benzene rings is 1. The molecule has 1 rings (SSSR count). The van der Waals surface area contributed by atoms with E-state index in [0.717, 1.165) is 0 Å². The molecule has 0 amide bonds. The summed E-state index contributed by atoms with van der Waals surface area (Å²) in [6, 6.07) is 4.34. The molecule has 2 N–H and O–H groups in total. The van der Waals surface area contributed by atoms with Crippen LogP contribution in [0.5, 0.6) is 0 Å². The molecule has 0 aromatic heterocycles. The number of aliphatic hydroxyl groups is 1. The third-order valence-corrected chi connectivity index (χ3v) is 5.09. The quantitative estimate of drug-likeness (QED) is 0.851. The van der Waals surface area contributed by atoms with Crippen LogP contribution >= 0.6 is 27.5 Å². The van der Waals surface area contributed by atoms with E-state index in [-0.39, 0.29) is 17.4 Å². The van der Waals surface area contributed by atoms with Crippen LogP contribution in [0.2, 0.25) is 5.02 Å². The summed E-state index contributed by atoms with van der Waals surface area (Å²) in [5.74, 6) is -0.00958. The fourth-order valence-electron chi connectivity index (χ4n) is 1.16. The molecule has 0 aliphatic heterocycles. The van der Waals surface area contributed by atoms with Gasteiger partial charge in [-0.3, -0.25) is 0 Å². The predicted molar refractivity (Wildman–Crippen MR) is 75.2 cm³/mol. The van der Waals surface area contributed by atoms with Crippen molar-refractivity contribution >= 4 is 37.6 Å². The zero-order valence-electron chi connectivity index (χ0n) is 10.0. The monoisotopic (exact) mass is 355 g/mol. The van der Waals surface area contributed by atoms with Gasteiger partial charge in [0.05, 0.1) is 16.0 Å². The molecule has 1 aromatic carbocycles. The molecule has 7 heteroatoms. The van der Waals surface area contributed by atoms with Gasteiger partial charge < -0.3 is 5.11 Å². The van der Waals surface area contributed by atoms with E-state index < -0.39 is 16.1 Å². The lowest BCUT2D eigenvalue weighted by molar-refractivity contribution is 0.129. The molecule has 0 saturated heterocycles. The minimum atomic E-state index is -3.63. The van der Waals surface area contributed by atoms with Gasteiger partial charge in [0.1, 0.15) is 0 Å². The standard InChI is InChI=1S/C11H15BrClNO3S/c1-7(2)11(15)6-14-18(16,17)8-3-4-10(13)9(12)5-8/h3-5,7,11,14-15H,6H2,1-2H3. The molecule has 4 nitrogen and oxygen atoms in total. The maximum atomic E-state index is 11.9. The molecular formula is C11H15BrClNO3S. The lowest BCUT2D eigenvalue weighted by Gasteiger charge is -2.15. The maximum absolute atomic E-state index is 11.9. The van der Waals surface area contributed by atoms with Gasteiger partial charge in [-0.25, -0.2) is 13.1 Å². The van der Waals surface area contributed by atoms with Crippen LogP contribution < -0.4 is 4.72 Å². The second-order valence-corrected chi connectivity index (χ2v) is 7.27. The Balaban J connectivity index is 2.83. The van der Waals surface area contributed by atoms with Gasteiger partial charge >= 0.3 is 0 Å². The van der Waals surface area contributed by atoms with Gasteiger partial charge in [-0.1, -0.05) is 25.4 Å². The average Bonchev–Trinajstić information content (AvgIpc) is 2.29. The summed E-state index contributed by atoms with van der Waals surface area (Å²) in [5, 5.41) is 10.0. The third kappa shape index (κ3) is 4.20. The molecule has 0 aliphatic carbocycles. The van der Waals surface area contributed by atoms with E-state index in [1.54, 1.807) is 0 Å². The summed E-state index contributed by atoms with van der Waals surface area (Å²) >= 11 is 8.97. The van der Waals surface area contributed by atoms with E-state index in [1.807, 2.05) is 13.8 Å². The highest BCUT2D eigenvalue weighted by Crippen LogP contribution is 2.25. The zero-order chi connectivity index (χ0) is 13.9. The minimum Gasteiger partial charge on any atom is -0.391 e. The zero-order valence-corrected chi connectivity index (χ0v) is 13.2. The molecule has 0 saturated carbocycles. The molecule has 102 valence electrons. The van der Waals surface area contributed by atoms with Gasteiger partial charge in [0.2, 0.25) is 10.0 Å². The Bertz CT molecular complexity index is 519. The highest BCUT2D eigenvalue weighted by molar-refractivity contribution is 9.10. The number of sulfonamides is 1. The Morgan fingerprint density at radius 2 is 2.06 bits per heavy atom. The van der Waals surface area contributed by atoms with Crippen molar-refractivity contribution in [3.8, 4) is 0 Å². The third-order valence-electron chi connectivity index (χ3n) is 2.45. The van der Waals surface area contributed by atoms with Crippen LogP contribution in [0.15, 0.2) is 27.6 Å². The smallest absolute Gasteiger partial charge is 0.240 e. The Labute approximate surface area is 121 Å². The lowest BCUT2D eigenvalue weighted by Crippen LogP contribution is -2.34. The Morgan fingerprint density at radius 3 is 2.56 bits per heavy atom. The van der Waals surface area contributed by atoms with E-state index in [9.17, 15) is 13.5 Å². The fourth-order valence-corrected chi connectivity index (χ4v) is 2.88. The SMILES string of the molecule is CC(C)C(O)CNS(=O)(=O)c1ccc(Cl)c(Br)c1. The Morgan fingerprint density at radius 1 is 1.44 bits per heavy atom. The summed E-state index contributed by atoms with van der Waals surface area (Å²) < 4.78 is 26.7. The van der Waals surface area contributed by atoms with Gasteiger partial charge in [0.25, 0.3) is 0 Å². The lowest BCUT2D eigenvalue weighted by atomic mass is 10.1. The van der Waals surface area contributed by atoms with E-state index in [1.165, 1.54) is 18.2 Å². The molecule has 1 unspecified atom stereocenters. The molecule has 1 aromatic rings. The predicted octanol–water partition coefficient (Wildman–Crippen LogP) is 2.40. The molecule has 0 aliphatic rings. The van der Waals surface area contributed by atoms with Gasteiger partial charge in [-0.05, 0) is 40.0 Å². The summed E-state index contributed by atoms with van der Waals surface area (Å²) in [6.07, 6.45) is -0.712. The second-order valence-electron chi connectivity index (χ2n) is 4.24. The summed E-state index contributed by atoms with van der Waals surface area (Å²) in [6.45, 7) is 3.62. The van der Waals surface area contributed by atoms with Crippen molar-refractivity contribution in [1.29, 1.82) is 0 Å². The number of aliphatic hydroxyl groups excluding tert-OH is 1. The number of hydrogen-bond donors (Lipinski definition) is 2. The van der Waals surface area contributed by atoms with Crippen LogP contribution in [0.3, 0.4) is 0 Å². The first-order chi connectivity index (χ1) is 8.24. The number of hydrogen-bond acceptors (Lipinski definition) is 3. The van der Waals surface area contributed by atoms with Gasteiger partial charge in [0, 0.05) is 11.0 Å². The summed E-state index contributed by atoms with van der Waals surface area (Å²) in [4.78, 5) is 0.106. The first-order valence-electron chi connectivity index (χ1n) is 5.37.